The number of hydrogen-bond acceptors (Lipinski definition) is 2. The Morgan fingerprint density at radius 1 is 0.806 bits per heavy atom. The molecule has 0 radical (unpaired) electrons. The van der Waals surface area contributed by atoms with E-state index in [-0.39, 0.29) is 34.6 Å². The molecule has 2 nitrogen and oxygen atoms in total. The van der Waals surface area contributed by atoms with Crippen LogP contribution in [0.4, 0.5) is 17.6 Å². The summed E-state index contributed by atoms with van der Waals surface area (Å²) in [6.45, 7) is 2.07. The first-order valence-corrected chi connectivity index (χ1v) is 12.4. The van der Waals surface area contributed by atoms with Crippen LogP contribution in [0.5, 0.6) is 0 Å². The number of aliphatic hydroxyl groups excluding tert-OH is 1. The summed E-state index contributed by atoms with van der Waals surface area (Å²) >= 11 is 0. The first-order chi connectivity index (χ1) is 17.3. The van der Waals surface area contributed by atoms with Crippen LogP contribution >= 0.6 is 0 Å². The fraction of sp³-hybridized carbons (Fsp3) is 0.333. The largest absolute Gasteiger partial charge is 0.389 e. The minimum Gasteiger partial charge on any atom is -0.389 e. The highest BCUT2D eigenvalue weighted by atomic mass is 19.2. The van der Waals surface area contributed by atoms with Crippen molar-refractivity contribution < 1.29 is 27.4 Å². The van der Waals surface area contributed by atoms with Crippen molar-refractivity contribution in [1.29, 1.82) is 0 Å². The van der Waals surface area contributed by atoms with E-state index in [1.807, 2.05) is 6.08 Å². The van der Waals surface area contributed by atoms with Gasteiger partial charge in [-0.05, 0) is 61.1 Å². The Bertz CT molecular complexity index is 1270. The van der Waals surface area contributed by atoms with E-state index in [9.17, 15) is 22.7 Å². The maximum absolute atomic E-state index is 14.8. The first kappa shape index (κ1) is 24.7. The lowest BCUT2D eigenvalue weighted by molar-refractivity contribution is 0.199. The van der Waals surface area contributed by atoms with Crippen LogP contribution in [-0.4, -0.2) is 11.7 Å². The minimum atomic E-state index is -0.914. The van der Waals surface area contributed by atoms with Gasteiger partial charge in [0.05, 0.1) is 12.7 Å². The fourth-order valence-corrected chi connectivity index (χ4v) is 5.09. The topological polar surface area (TPSA) is 32.8 Å². The van der Waals surface area contributed by atoms with Crippen LogP contribution in [0.1, 0.15) is 73.0 Å². The molecule has 36 heavy (non-hydrogen) atoms. The second-order valence-corrected chi connectivity index (χ2v) is 9.79. The van der Waals surface area contributed by atoms with Gasteiger partial charge in [-0.25, -0.2) is 17.6 Å². The quantitative estimate of drug-likeness (QED) is 0.277. The molecule has 0 amide bonds. The van der Waals surface area contributed by atoms with Gasteiger partial charge in [-0.1, -0.05) is 60.7 Å². The Morgan fingerprint density at radius 2 is 1.44 bits per heavy atom. The second kappa shape index (κ2) is 10.2. The standard InChI is InChI=1S/C30H28F4O2/c1-17(35)19-8-10-21(11-9-19)23-13-12-22(27(31)28(23)32)7-4-18-2-5-20(6-3-18)24-14-15-25(26-16-36-26)30(34)29(24)33/h4,7-15,17-18,20,26,35H,2-3,5-6,16H2,1H3/b7-4+. The molecule has 1 saturated carbocycles. The van der Waals surface area contributed by atoms with E-state index < -0.39 is 29.4 Å². The molecule has 2 unspecified atom stereocenters. The summed E-state index contributed by atoms with van der Waals surface area (Å²) in [6.07, 6.45) is 5.44. The van der Waals surface area contributed by atoms with Gasteiger partial charge in [0.1, 0.15) is 6.10 Å². The first-order valence-electron chi connectivity index (χ1n) is 12.4. The van der Waals surface area contributed by atoms with E-state index in [0.29, 0.717) is 36.1 Å². The minimum absolute atomic E-state index is 0.0630. The molecule has 3 aromatic rings. The van der Waals surface area contributed by atoms with E-state index in [2.05, 4.69) is 0 Å². The molecule has 2 aliphatic rings. The van der Waals surface area contributed by atoms with Crippen molar-refractivity contribution >= 4 is 6.08 Å². The molecular weight excluding hydrogens is 468 g/mol. The summed E-state index contributed by atoms with van der Waals surface area (Å²) in [7, 11) is 0. The molecule has 1 aliphatic heterocycles. The van der Waals surface area contributed by atoms with E-state index in [0.717, 1.165) is 12.8 Å². The van der Waals surface area contributed by atoms with Crippen molar-refractivity contribution in [3.63, 3.8) is 0 Å². The molecule has 188 valence electrons. The monoisotopic (exact) mass is 496 g/mol. The molecule has 0 bridgehead atoms. The van der Waals surface area contributed by atoms with Gasteiger partial charge in [0.15, 0.2) is 23.3 Å². The van der Waals surface area contributed by atoms with Crippen LogP contribution in [-0.2, 0) is 4.74 Å². The van der Waals surface area contributed by atoms with Crippen LogP contribution in [0.15, 0.2) is 54.6 Å². The van der Waals surface area contributed by atoms with Crippen molar-refractivity contribution in [2.24, 2.45) is 5.92 Å². The van der Waals surface area contributed by atoms with E-state index in [1.165, 1.54) is 0 Å². The lowest BCUT2D eigenvalue weighted by Gasteiger charge is -2.27. The number of halogens is 4. The van der Waals surface area contributed by atoms with Gasteiger partial charge in [-0.3, -0.25) is 0 Å². The van der Waals surface area contributed by atoms with Crippen molar-refractivity contribution in [3.8, 4) is 11.1 Å². The molecule has 3 aromatic carbocycles. The number of epoxide rings is 1. The van der Waals surface area contributed by atoms with E-state index in [4.69, 9.17) is 4.74 Å². The maximum atomic E-state index is 14.8. The third kappa shape index (κ3) is 4.97. The summed E-state index contributed by atoms with van der Waals surface area (Å²) in [5.41, 5.74) is 2.26. The van der Waals surface area contributed by atoms with Gasteiger partial charge >= 0.3 is 0 Å². The van der Waals surface area contributed by atoms with Crippen LogP contribution in [0, 0.1) is 29.2 Å². The van der Waals surface area contributed by atoms with Gasteiger partial charge in [0, 0.05) is 16.7 Å². The number of ether oxygens (including phenoxy) is 1. The van der Waals surface area contributed by atoms with Gasteiger partial charge in [0.25, 0.3) is 0 Å². The van der Waals surface area contributed by atoms with Gasteiger partial charge < -0.3 is 9.84 Å². The molecule has 1 aliphatic carbocycles. The average Bonchev–Trinajstić information content (AvgIpc) is 3.72. The molecule has 1 saturated heterocycles. The number of allylic oxidation sites excluding steroid dienone is 1. The summed E-state index contributed by atoms with van der Waals surface area (Å²) in [4.78, 5) is 0. The normalized spacial score (nSPS) is 22.7. The summed E-state index contributed by atoms with van der Waals surface area (Å²) in [5.74, 6) is -3.31. The molecule has 0 spiro atoms. The van der Waals surface area contributed by atoms with Crippen LogP contribution in [0.3, 0.4) is 0 Å². The lowest BCUT2D eigenvalue weighted by Crippen LogP contribution is -2.14. The number of rotatable bonds is 6. The highest BCUT2D eigenvalue weighted by Gasteiger charge is 2.32. The molecular formula is C30H28F4O2. The average molecular weight is 497 g/mol. The predicted molar refractivity (Wildman–Crippen MR) is 131 cm³/mol. The van der Waals surface area contributed by atoms with Crippen molar-refractivity contribution in [3.05, 3.63) is 100 Å². The number of hydrogen-bond donors (Lipinski definition) is 1. The number of benzene rings is 3. The van der Waals surface area contributed by atoms with Crippen LogP contribution in [0.2, 0.25) is 0 Å². The smallest absolute Gasteiger partial charge is 0.167 e. The predicted octanol–water partition coefficient (Wildman–Crippen LogP) is 8.02. The summed E-state index contributed by atoms with van der Waals surface area (Å²) in [5, 5.41) is 9.63. The third-order valence-electron chi connectivity index (χ3n) is 7.40. The lowest BCUT2D eigenvalue weighted by atomic mass is 9.78. The highest BCUT2D eigenvalue weighted by Crippen LogP contribution is 2.40. The van der Waals surface area contributed by atoms with E-state index >= 15 is 0 Å². The van der Waals surface area contributed by atoms with Crippen molar-refractivity contribution in [1.82, 2.24) is 0 Å². The zero-order valence-corrected chi connectivity index (χ0v) is 20.0. The molecule has 6 heteroatoms. The zero-order chi connectivity index (χ0) is 25.4. The zero-order valence-electron chi connectivity index (χ0n) is 20.0. The summed E-state index contributed by atoms with van der Waals surface area (Å²) < 4.78 is 63.8. The van der Waals surface area contributed by atoms with Gasteiger partial charge in [-0.15, -0.1) is 0 Å². The maximum Gasteiger partial charge on any atom is 0.167 e. The van der Waals surface area contributed by atoms with Crippen LogP contribution in [0.25, 0.3) is 17.2 Å². The van der Waals surface area contributed by atoms with Crippen molar-refractivity contribution in [2.45, 2.75) is 50.7 Å². The van der Waals surface area contributed by atoms with Crippen LogP contribution < -0.4 is 0 Å². The Labute approximate surface area is 208 Å². The highest BCUT2D eigenvalue weighted by molar-refractivity contribution is 5.67. The Kier molecular flexibility index (Phi) is 7.00. The Morgan fingerprint density at radius 3 is 2.08 bits per heavy atom. The second-order valence-electron chi connectivity index (χ2n) is 9.79. The Balaban J connectivity index is 1.24. The Hall–Kier alpha value is -2.96. The molecule has 2 atom stereocenters. The molecule has 5 rings (SSSR count). The van der Waals surface area contributed by atoms with E-state index in [1.54, 1.807) is 61.5 Å². The molecule has 2 fully saturated rings. The van der Waals surface area contributed by atoms with Gasteiger partial charge in [-0.2, -0.15) is 0 Å². The number of aliphatic hydroxyl groups is 1. The molecule has 0 aromatic heterocycles. The summed E-state index contributed by atoms with van der Waals surface area (Å²) in [6, 6.07) is 13.1. The fourth-order valence-electron chi connectivity index (χ4n) is 5.09. The third-order valence-corrected chi connectivity index (χ3v) is 7.40. The molecule has 1 N–H and O–H groups in total. The SMILES string of the molecule is CC(O)c1ccc(-c2ccc(/C=C/C3CCC(c4ccc(C5CO5)c(F)c4F)CC3)c(F)c2F)cc1. The molecule has 1 heterocycles. The van der Waals surface area contributed by atoms with Crippen molar-refractivity contribution in [2.75, 3.05) is 6.61 Å². The van der Waals surface area contributed by atoms with Gasteiger partial charge in [0.2, 0.25) is 0 Å².